The minimum atomic E-state index is -3.66. The summed E-state index contributed by atoms with van der Waals surface area (Å²) in [4.78, 5) is 0.128. The Morgan fingerprint density at radius 3 is 2.44 bits per heavy atom. The number of sulfonamides is 1. The number of hydrogen-bond donors (Lipinski definition) is 1. The number of benzene rings is 1. The van der Waals surface area contributed by atoms with E-state index in [2.05, 4.69) is 15.9 Å². The SMILES string of the molecule is CN(C(C)(C)CO)S(=O)(=O)c1ccc(Cl)c(Br)c1. The van der Waals surface area contributed by atoms with Crippen LogP contribution in [0.4, 0.5) is 0 Å². The fourth-order valence-electron chi connectivity index (χ4n) is 1.22. The average molecular weight is 357 g/mol. The summed E-state index contributed by atoms with van der Waals surface area (Å²) in [7, 11) is -2.22. The molecule has 1 rings (SSSR count). The number of nitrogens with zero attached hydrogens (tertiary/aromatic N) is 1. The van der Waals surface area contributed by atoms with E-state index in [1.54, 1.807) is 13.8 Å². The predicted octanol–water partition coefficient (Wildman–Crippen LogP) is 2.49. The number of aliphatic hydroxyl groups excluding tert-OH is 1. The lowest BCUT2D eigenvalue weighted by Crippen LogP contribution is -2.47. The molecule has 7 heteroatoms. The Hall–Kier alpha value is -0.140. The molecule has 102 valence electrons. The molecule has 0 saturated carbocycles. The van der Waals surface area contributed by atoms with Crippen molar-refractivity contribution < 1.29 is 13.5 Å². The molecule has 1 aromatic carbocycles. The molecule has 0 heterocycles. The molecule has 0 aromatic heterocycles. The van der Waals surface area contributed by atoms with Crippen LogP contribution < -0.4 is 0 Å². The first kappa shape index (κ1) is 15.9. The van der Waals surface area contributed by atoms with Crippen LogP contribution in [0, 0.1) is 0 Å². The molecule has 4 nitrogen and oxygen atoms in total. The first-order chi connectivity index (χ1) is 8.13. The average Bonchev–Trinajstić information content (AvgIpc) is 2.31. The Morgan fingerprint density at radius 2 is 2.00 bits per heavy atom. The van der Waals surface area contributed by atoms with Gasteiger partial charge in [-0.15, -0.1) is 0 Å². The van der Waals surface area contributed by atoms with Gasteiger partial charge in [-0.05, 0) is 48.0 Å². The van der Waals surface area contributed by atoms with E-state index in [1.165, 1.54) is 25.2 Å². The van der Waals surface area contributed by atoms with E-state index in [0.717, 1.165) is 4.31 Å². The Bertz CT molecular complexity index is 545. The molecule has 0 saturated heterocycles. The molecule has 0 amide bonds. The minimum absolute atomic E-state index is 0.128. The Labute approximate surface area is 121 Å². The van der Waals surface area contributed by atoms with Crippen molar-refractivity contribution in [3.8, 4) is 0 Å². The number of rotatable bonds is 4. The van der Waals surface area contributed by atoms with Gasteiger partial charge in [0.15, 0.2) is 0 Å². The summed E-state index contributed by atoms with van der Waals surface area (Å²) >= 11 is 9.02. The molecule has 0 unspecified atom stereocenters. The maximum absolute atomic E-state index is 12.4. The van der Waals surface area contributed by atoms with Crippen LogP contribution >= 0.6 is 27.5 Å². The molecule has 18 heavy (non-hydrogen) atoms. The monoisotopic (exact) mass is 355 g/mol. The molecule has 1 aromatic rings. The van der Waals surface area contributed by atoms with Crippen LogP contribution in [0.25, 0.3) is 0 Å². The summed E-state index contributed by atoms with van der Waals surface area (Å²) in [5.74, 6) is 0. The molecule has 0 aliphatic rings. The van der Waals surface area contributed by atoms with E-state index in [-0.39, 0.29) is 11.5 Å². The summed E-state index contributed by atoms with van der Waals surface area (Å²) in [6, 6.07) is 4.40. The molecular weight excluding hydrogens is 342 g/mol. The normalized spacial score (nSPS) is 13.1. The van der Waals surface area contributed by atoms with Crippen LogP contribution in [0.2, 0.25) is 5.02 Å². The minimum Gasteiger partial charge on any atom is -0.394 e. The van der Waals surface area contributed by atoms with Crippen LogP contribution in [0.1, 0.15) is 13.8 Å². The van der Waals surface area contributed by atoms with Crippen molar-refractivity contribution in [3.63, 3.8) is 0 Å². The molecule has 0 aliphatic heterocycles. The molecule has 0 bridgehead atoms. The first-order valence-corrected chi connectivity index (χ1v) is 7.79. The van der Waals surface area contributed by atoms with Gasteiger partial charge in [0, 0.05) is 11.5 Å². The van der Waals surface area contributed by atoms with Gasteiger partial charge in [0.1, 0.15) is 0 Å². The second kappa shape index (κ2) is 5.46. The van der Waals surface area contributed by atoms with Gasteiger partial charge < -0.3 is 5.11 Å². The lowest BCUT2D eigenvalue weighted by Gasteiger charge is -2.32. The maximum Gasteiger partial charge on any atom is 0.243 e. The van der Waals surface area contributed by atoms with E-state index >= 15 is 0 Å². The predicted molar refractivity (Wildman–Crippen MR) is 75.3 cm³/mol. The third-order valence-corrected chi connectivity index (χ3v) is 6.07. The zero-order valence-corrected chi connectivity index (χ0v) is 13.5. The van der Waals surface area contributed by atoms with E-state index in [1.807, 2.05) is 0 Å². The van der Waals surface area contributed by atoms with Gasteiger partial charge in [-0.25, -0.2) is 8.42 Å². The molecule has 1 N–H and O–H groups in total. The second-order valence-electron chi connectivity index (χ2n) is 4.52. The smallest absolute Gasteiger partial charge is 0.243 e. The van der Waals surface area contributed by atoms with Crippen molar-refractivity contribution in [2.75, 3.05) is 13.7 Å². The third kappa shape index (κ3) is 3.05. The lowest BCUT2D eigenvalue weighted by molar-refractivity contribution is 0.138. The largest absolute Gasteiger partial charge is 0.394 e. The van der Waals surface area contributed by atoms with Crippen molar-refractivity contribution in [1.29, 1.82) is 0 Å². The fourth-order valence-corrected chi connectivity index (χ4v) is 3.40. The first-order valence-electron chi connectivity index (χ1n) is 5.18. The molecule has 0 aliphatic carbocycles. The number of halogens is 2. The highest BCUT2D eigenvalue weighted by atomic mass is 79.9. The van der Waals surface area contributed by atoms with Crippen molar-refractivity contribution in [2.45, 2.75) is 24.3 Å². The highest BCUT2D eigenvalue weighted by Gasteiger charge is 2.33. The van der Waals surface area contributed by atoms with Crippen molar-refractivity contribution in [2.24, 2.45) is 0 Å². The molecule has 0 atom stereocenters. The standard InChI is InChI=1S/C11H15BrClNO3S/c1-11(2,7-15)14(3)18(16,17)8-4-5-10(13)9(12)6-8/h4-6,15H,7H2,1-3H3. The van der Waals surface area contributed by atoms with Crippen LogP contribution in [0.5, 0.6) is 0 Å². The van der Waals surface area contributed by atoms with Gasteiger partial charge in [-0.2, -0.15) is 4.31 Å². The van der Waals surface area contributed by atoms with Crippen LogP contribution in [-0.4, -0.2) is 37.0 Å². The summed E-state index contributed by atoms with van der Waals surface area (Å²) in [6.45, 7) is 3.03. The molecule has 0 fully saturated rings. The summed E-state index contributed by atoms with van der Waals surface area (Å²) in [6.07, 6.45) is 0. The third-order valence-electron chi connectivity index (χ3n) is 2.79. The Balaban J connectivity index is 3.26. The summed E-state index contributed by atoms with van der Waals surface area (Å²) in [5, 5.41) is 9.68. The van der Waals surface area contributed by atoms with Gasteiger partial charge in [0.2, 0.25) is 10.0 Å². The summed E-state index contributed by atoms with van der Waals surface area (Å²) < 4.78 is 26.4. The van der Waals surface area contributed by atoms with Gasteiger partial charge in [0.25, 0.3) is 0 Å². The Morgan fingerprint density at radius 1 is 1.44 bits per heavy atom. The fraction of sp³-hybridized carbons (Fsp3) is 0.455. The van der Waals surface area contributed by atoms with E-state index in [4.69, 9.17) is 11.6 Å². The van der Waals surface area contributed by atoms with E-state index in [9.17, 15) is 13.5 Å². The van der Waals surface area contributed by atoms with E-state index < -0.39 is 15.6 Å². The summed E-state index contributed by atoms with van der Waals surface area (Å²) in [5.41, 5.74) is -0.870. The Kier molecular flexibility index (Phi) is 4.83. The van der Waals surface area contributed by atoms with Crippen molar-refractivity contribution >= 4 is 37.6 Å². The highest BCUT2D eigenvalue weighted by molar-refractivity contribution is 9.10. The molecule has 0 radical (unpaired) electrons. The zero-order chi connectivity index (χ0) is 14.1. The van der Waals surface area contributed by atoms with Crippen LogP contribution in [0.15, 0.2) is 27.6 Å². The van der Waals surface area contributed by atoms with Crippen molar-refractivity contribution in [1.82, 2.24) is 4.31 Å². The van der Waals surface area contributed by atoms with Gasteiger partial charge in [-0.3, -0.25) is 0 Å². The lowest BCUT2D eigenvalue weighted by atomic mass is 10.1. The van der Waals surface area contributed by atoms with Gasteiger partial charge in [-0.1, -0.05) is 11.6 Å². The van der Waals surface area contributed by atoms with Crippen LogP contribution in [-0.2, 0) is 10.0 Å². The van der Waals surface area contributed by atoms with Crippen LogP contribution in [0.3, 0.4) is 0 Å². The van der Waals surface area contributed by atoms with Gasteiger partial charge in [0.05, 0.1) is 22.1 Å². The van der Waals surface area contributed by atoms with E-state index in [0.29, 0.717) is 9.50 Å². The van der Waals surface area contributed by atoms with Crippen molar-refractivity contribution in [3.05, 3.63) is 27.7 Å². The number of aliphatic hydroxyl groups is 1. The highest BCUT2D eigenvalue weighted by Crippen LogP contribution is 2.28. The van der Waals surface area contributed by atoms with Gasteiger partial charge >= 0.3 is 0 Å². The number of likely N-dealkylation sites (N-methyl/N-ethyl adjacent to an activating group) is 1. The maximum atomic E-state index is 12.4. The zero-order valence-electron chi connectivity index (χ0n) is 10.3. The number of hydrogen-bond acceptors (Lipinski definition) is 3. The molecular formula is C11H15BrClNO3S. The second-order valence-corrected chi connectivity index (χ2v) is 7.75. The molecule has 0 spiro atoms. The quantitative estimate of drug-likeness (QED) is 0.902. The topological polar surface area (TPSA) is 57.6 Å².